The van der Waals surface area contributed by atoms with Gasteiger partial charge in [-0.2, -0.15) is 0 Å². The van der Waals surface area contributed by atoms with E-state index in [-0.39, 0.29) is 11.9 Å². The number of halogens is 1. The Labute approximate surface area is 105 Å². The molecule has 4 nitrogen and oxygen atoms in total. The third-order valence-electron chi connectivity index (χ3n) is 3.72. The van der Waals surface area contributed by atoms with Crippen LogP contribution in [0.1, 0.15) is 12.0 Å². The van der Waals surface area contributed by atoms with Crippen molar-refractivity contribution in [3.8, 4) is 0 Å². The van der Waals surface area contributed by atoms with Gasteiger partial charge in [-0.15, -0.1) is 0 Å². The van der Waals surface area contributed by atoms with Crippen LogP contribution >= 0.6 is 0 Å². The van der Waals surface area contributed by atoms with Crippen molar-refractivity contribution in [1.29, 1.82) is 0 Å². The molecule has 2 aliphatic heterocycles. The highest BCUT2D eigenvalue weighted by Gasteiger charge is 2.35. The summed E-state index contributed by atoms with van der Waals surface area (Å²) in [6.45, 7) is 0.975. The lowest BCUT2D eigenvalue weighted by Gasteiger charge is -2.31. The van der Waals surface area contributed by atoms with Crippen LogP contribution in [0.25, 0.3) is 0 Å². The molecule has 3 rings (SSSR count). The summed E-state index contributed by atoms with van der Waals surface area (Å²) in [5, 5.41) is 2.78. The standard InChI is InChI=1S/C13H15FN3O/c14-9-4-5-17(7-9)11-6-8-2-1-3-10(15)12(8)16-13(11)18/h1-3,9,11,15H,4-7H2,(H,16,18)/t9-,11?/m0/s1. The van der Waals surface area contributed by atoms with Crippen molar-refractivity contribution >= 4 is 17.3 Å². The zero-order valence-corrected chi connectivity index (χ0v) is 9.95. The molecule has 5 heteroatoms. The molecule has 95 valence electrons. The first-order chi connectivity index (χ1) is 8.65. The lowest BCUT2D eigenvalue weighted by molar-refractivity contribution is -0.121. The highest BCUT2D eigenvalue weighted by Crippen LogP contribution is 2.31. The molecule has 0 aromatic heterocycles. The van der Waals surface area contributed by atoms with Gasteiger partial charge in [0.1, 0.15) is 6.17 Å². The van der Waals surface area contributed by atoms with E-state index in [1.165, 1.54) is 0 Å². The van der Waals surface area contributed by atoms with Crippen molar-refractivity contribution < 1.29 is 9.18 Å². The van der Waals surface area contributed by atoms with E-state index in [4.69, 9.17) is 5.73 Å². The summed E-state index contributed by atoms with van der Waals surface area (Å²) < 4.78 is 13.2. The second kappa shape index (κ2) is 4.24. The van der Waals surface area contributed by atoms with Gasteiger partial charge in [0.2, 0.25) is 5.91 Å². The third kappa shape index (κ3) is 1.84. The first-order valence-electron chi connectivity index (χ1n) is 6.17. The van der Waals surface area contributed by atoms with E-state index in [2.05, 4.69) is 5.32 Å². The van der Waals surface area contributed by atoms with E-state index in [0.717, 1.165) is 5.56 Å². The average Bonchev–Trinajstić information content (AvgIpc) is 2.76. The number of nitrogens with one attached hydrogen (secondary N) is 2. The minimum absolute atomic E-state index is 0.115. The molecule has 1 amide bonds. The molecule has 0 spiro atoms. The molecular formula is C13H15FN3O. The normalized spacial score (nSPS) is 27.9. The minimum atomic E-state index is -0.818. The summed E-state index contributed by atoms with van der Waals surface area (Å²) in [6, 6.07) is 5.10. The van der Waals surface area contributed by atoms with E-state index in [1.807, 2.05) is 17.0 Å². The Balaban J connectivity index is 1.86. The fourth-order valence-electron chi connectivity index (χ4n) is 2.75. The van der Waals surface area contributed by atoms with Gasteiger partial charge in [-0.3, -0.25) is 15.4 Å². The number of amides is 1. The van der Waals surface area contributed by atoms with E-state index < -0.39 is 6.17 Å². The molecule has 2 atom stereocenters. The van der Waals surface area contributed by atoms with Crippen LogP contribution in [0.5, 0.6) is 0 Å². The topological polar surface area (TPSA) is 56.1 Å². The average molecular weight is 248 g/mol. The van der Waals surface area contributed by atoms with Gasteiger partial charge in [0.05, 0.1) is 17.4 Å². The smallest absolute Gasteiger partial charge is 0.242 e. The highest BCUT2D eigenvalue weighted by atomic mass is 19.1. The van der Waals surface area contributed by atoms with Gasteiger partial charge in [-0.05, 0) is 24.5 Å². The zero-order chi connectivity index (χ0) is 12.7. The molecule has 1 unspecified atom stereocenters. The van der Waals surface area contributed by atoms with Crippen LogP contribution in [0.2, 0.25) is 0 Å². The number of anilines is 1. The van der Waals surface area contributed by atoms with Gasteiger partial charge in [-0.1, -0.05) is 12.1 Å². The summed E-state index contributed by atoms with van der Waals surface area (Å²) in [4.78, 5) is 13.9. The number of benzene rings is 1. The molecule has 2 heterocycles. The van der Waals surface area contributed by atoms with Crippen LogP contribution in [-0.2, 0) is 11.2 Å². The summed E-state index contributed by atoms with van der Waals surface area (Å²) in [5.41, 5.74) is 9.67. The van der Waals surface area contributed by atoms with E-state index in [9.17, 15) is 9.18 Å². The highest BCUT2D eigenvalue weighted by molar-refractivity contribution is 6.00. The maximum Gasteiger partial charge on any atom is 0.242 e. The first kappa shape index (κ1) is 11.5. The number of fused-ring (bicyclic) bond motifs is 1. The molecule has 2 aliphatic rings. The van der Waals surface area contributed by atoms with Crippen molar-refractivity contribution in [3.63, 3.8) is 0 Å². The Morgan fingerprint density at radius 1 is 1.44 bits per heavy atom. The lowest BCUT2D eigenvalue weighted by Crippen LogP contribution is -2.47. The van der Waals surface area contributed by atoms with E-state index >= 15 is 0 Å². The summed E-state index contributed by atoms with van der Waals surface area (Å²) in [7, 11) is 0. The van der Waals surface area contributed by atoms with Crippen molar-refractivity contribution in [1.82, 2.24) is 10.6 Å². The van der Waals surface area contributed by atoms with Crippen molar-refractivity contribution in [3.05, 3.63) is 23.8 Å². The molecule has 1 saturated heterocycles. The number of carbonyl (C=O) groups is 1. The van der Waals surface area contributed by atoms with Crippen LogP contribution in [0.4, 0.5) is 15.8 Å². The lowest BCUT2D eigenvalue weighted by atomic mass is 9.97. The van der Waals surface area contributed by atoms with Crippen LogP contribution < -0.4 is 11.1 Å². The van der Waals surface area contributed by atoms with Crippen LogP contribution in [0.15, 0.2) is 18.2 Å². The number of alkyl halides is 1. The fraction of sp³-hybridized carbons (Fsp3) is 0.462. The van der Waals surface area contributed by atoms with Crippen molar-refractivity contribution in [2.75, 3.05) is 18.4 Å². The summed E-state index contributed by atoms with van der Waals surface area (Å²) >= 11 is 0. The first-order valence-corrected chi connectivity index (χ1v) is 6.17. The Kier molecular flexibility index (Phi) is 2.70. The quantitative estimate of drug-likeness (QED) is 0.819. The Hall–Kier alpha value is -1.62. The second-order valence-corrected chi connectivity index (χ2v) is 4.93. The Bertz CT molecular complexity index is 491. The van der Waals surface area contributed by atoms with E-state index in [0.29, 0.717) is 37.3 Å². The maximum absolute atomic E-state index is 13.2. The number of hydrogen-bond acceptors (Lipinski definition) is 2. The predicted molar refractivity (Wildman–Crippen MR) is 66.4 cm³/mol. The SMILES string of the molecule is [NH]c1cccc2c1NC(=O)C(N1CC[C@H](F)C1)C2. The van der Waals surface area contributed by atoms with Gasteiger partial charge >= 0.3 is 0 Å². The van der Waals surface area contributed by atoms with Gasteiger partial charge in [0.15, 0.2) is 0 Å². The Morgan fingerprint density at radius 2 is 2.28 bits per heavy atom. The predicted octanol–water partition coefficient (Wildman–Crippen LogP) is 1.51. The number of nitrogens with zero attached hydrogens (tertiary/aromatic N) is 1. The molecule has 1 aromatic rings. The largest absolute Gasteiger partial charge is 0.323 e. The zero-order valence-electron chi connectivity index (χ0n) is 9.95. The maximum atomic E-state index is 13.2. The molecule has 0 bridgehead atoms. The molecule has 18 heavy (non-hydrogen) atoms. The molecule has 0 saturated carbocycles. The molecule has 2 N–H and O–H groups in total. The van der Waals surface area contributed by atoms with Gasteiger partial charge in [-0.25, -0.2) is 4.39 Å². The second-order valence-electron chi connectivity index (χ2n) is 4.93. The minimum Gasteiger partial charge on any atom is -0.323 e. The van der Waals surface area contributed by atoms with Crippen LogP contribution in [0.3, 0.4) is 0 Å². The summed E-state index contributed by atoms with van der Waals surface area (Å²) in [5.74, 6) is -0.115. The number of hydrogen-bond donors (Lipinski definition) is 1. The van der Waals surface area contributed by atoms with Crippen molar-refractivity contribution in [2.45, 2.75) is 25.1 Å². The number of rotatable bonds is 1. The molecule has 1 aromatic carbocycles. The van der Waals surface area contributed by atoms with Gasteiger partial charge in [0, 0.05) is 13.1 Å². The number of carbonyl (C=O) groups excluding carboxylic acids is 1. The number of para-hydroxylation sites is 1. The van der Waals surface area contributed by atoms with Gasteiger partial charge in [0.25, 0.3) is 0 Å². The molecular weight excluding hydrogens is 233 g/mol. The number of likely N-dealkylation sites (tertiary alicyclic amines) is 1. The summed E-state index contributed by atoms with van der Waals surface area (Å²) in [6.07, 6.45) is 0.261. The van der Waals surface area contributed by atoms with Crippen LogP contribution in [-0.4, -0.2) is 36.1 Å². The van der Waals surface area contributed by atoms with Crippen molar-refractivity contribution in [2.24, 2.45) is 0 Å². The third-order valence-corrected chi connectivity index (χ3v) is 3.72. The van der Waals surface area contributed by atoms with E-state index in [1.54, 1.807) is 6.07 Å². The Morgan fingerprint density at radius 3 is 3.00 bits per heavy atom. The molecule has 1 fully saturated rings. The van der Waals surface area contributed by atoms with Crippen LogP contribution in [0, 0.1) is 0 Å². The fourth-order valence-corrected chi connectivity index (χ4v) is 2.75. The monoisotopic (exact) mass is 248 g/mol. The molecule has 1 radical (unpaired) electrons. The molecule has 0 aliphatic carbocycles. The van der Waals surface area contributed by atoms with Gasteiger partial charge < -0.3 is 5.32 Å².